The number of halogens is 1. The lowest BCUT2D eigenvalue weighted by atomic mass is 10.1. The number of carbonyl (C=O) groups excluding carboxylic acids is 2. The molecule has 1 aliphatic rings. The van der Waals surface area contributed by atoms with Crippen molar-refractivity contribution in [3.63, 3.8) is 0 Å². The maximum Gasteiger partial charge on any atom is 0.270 e. The van der Waals surface area contributed by atoms with Crippen molar-refractivity contribution >= 4 is 52.5 Å². The van der Waals surface area contributed by atoms with E-state index >= 15 is 0 Å². The predicted octanol–water partition coefficient (Wildman–Crippen LogP) is 3.74. The second-order valence-electron chi connectivity index (χ2n) is 5.93. The Bertz CT molecular complexity index is 1020. The molecule has 0 aromatic heterocycles. The molecule has 6 nitrogen and oxygen atoms in total. The van der Waals surface area contributed by atoms with Gasteiger partial charge in [0.2, 0.25) is 0 Å². The summed E-state index contributed by atoms with van der Waals surface area (Å²) in [5, 5.41) is 2.84. The molecule has 1 saturated heterocycles. The Balaban J connectivity index is 2.01. The summed E-state index contributed by atoms with van der Waals surface area (Å²) in [5.41, 5.74) is 0.967. The van der Waals surface area contributed by atoms with E-state index in [9.17, 15) is 9.59 Å². The highest BCUT2D eigenvalue weighted by molar-refractivity contribution is 7.80. The van der Waals surface area contributed by atoms with Crippen LogP contribution >= 0.6 is 23.8 Å². The van der Waals surface area contributed by atoms with Crippen LogP contribution in [0.1, 0.15) is 5.56 Å². The second-order valence-corrected chi connectivity index (χ2v) is 6.72. The highest BCUT2D eigenvalue weighted by Gasteiger charge is 2.34. The monoisotopic (exact) mass is 428 g/mol. The first-order chi connectivity index (χ1) is 14.0. The largest absolute Gasteiger partial charge is 0.493 e. The number of hydrogen-bond donors (Lipinski definition) is 1. The number of rotatable bonds is 6. The Kier molecular flexibility index (Phi) is 6.31. The van der Waals surface area contributed by atoms with Gasteiger partial charge in [-0.15, -0.1) is 0 Å². The van der Waals surface area contributed by atoms with Crippen molar-refractivity contribution in [3.8, 4) is 11.5 Å². The second kappa shape index (κ2) is 8.89. The minimum atomic E-state index is -0.589. The average Bonchev–Trinajstić information content (AvgIpc) is 2.70. The molecule has 0 unspecified atom stereocenters. The van der Waals surface area contributed by atoms with E-state index in [1.165, 1.54) is 18.1 Å². The van der Waals surface area contributed by atoms with Gasteiger partial charge in [0.15, 0.2) is 16.6 Å². The number of benzene rings is 2. The molecule has 2 amide bonds. The Hall–Kier alpha value is -3.16. The third-order valence-corrected chi connectivity index (χ3v) is 4.59. The summed E-state index contributed by atoms with van der Waals surface area (Å²) in [7, 11) is 1.47. The summed E-state index contributed by atoms with van der Waals surface area (Å²) in [6, 6.07) is 12.0. The van der Waals surface area contributed by atoms with E-state index in [1.54, 1.807) is 42.5 Å². The minimum absolute atomic E-state index is 0.0205. The summed E-state index contributed by atoms with van der Waals surface area (Å²) < 4.78 is 10.8. The number of nitrogens with one attached hydrogen (secondary N) is 1. The van der Waals surface area contributed by atoms with Gasteiger partial charge >= 0.3 is 0 Å². The fraction of sp³-hybridized carbons (Fsp3) is 0.0952. The molecule has 2 aromatic rings. The lowest BCUT2D eigenvalue weighted by molar-refractivity contribution is -0.122. The Morgan fingerprint density at radius 3 is 2.62 bits per heavy atom. The molecule has 0 radical (unpaired) electrons. The number of thiocarbonyl (C=S) groups is 1. The number of amides is 2. The highest BCUT2D eigenvalue weighted by atomic mass is 35.5. The van der Waals surface area contributed by atoms with Crippen LogP contribution in [-0.4, -0.2) is 30.6 Å². The minimum Gasteiger partial charge on any atom is -0.493 e. The van der Waals surface area contributed by atoms with Gasteiger partial charge in [0.05, 0.1) is 17.8 Å². The third-order valence-electron chi connectivity index (χ3n) is 4.02. The normalized spacial score (nSPS) is 15.3. The number of nitrogens with zero attached hydrogens (tertiary/aromatic N) is 1. The van der Waals surface area contributed by atoms with Crippen molar-refractivity contribution in [3.05, 3.63) is 71.3 Å². The van der Waals surface area contributed by atoms with Crippen molar-refractivity contribution < 1.29 is 19.1 Å². The first-order valence-electron chi connectivity index (χ1n) is 8.54. The topological polar surface area (TPSA) is 67.9 Å². The lowest BCUT2D eigenvalue weighted by Crippen LogP contribution is -2.54. The molecule has 1 heterocycles. The number of para-hydroxylation sites is 1. The van der Waals surface area contributed by atoms with Crippen LogP contribution in [0.25, 0.3) is 6.08 Å². The van der Waals surface area contributed by atoms with Gasteiger partial charge in [-0.05, 0) is 48.1 Å². The lowest BCUT2D eigenvalue weighted by Gasteiger charge is -2.28. The van der Waals surface area contributed by atoms with Crippen molar-refractivity contribution in [2.24, 2.45) is 0 Å². The third kappa shape index (κ3) is 4.31. The zero-order valence-electron chi connectivity index (χ0n) is 15.5. The van der Waals surface area contributed by atoms with Crippen molar-refractivity contribution in [1.82, 2.24) is 5.32 Å². The Morgan fingerprint density at radius 2 is 1.97 bits per heavy atom. The number of methoxy groups -OCH3 is 1. The van der Waals surface area contributed by atoms with Crippen LogP contribution in [0.3, 0.4) is 0 Å². The van der Waals surface area contributed by atoms with Crippen molar-refractivity contribution in [2.45, 2.75) is 0 Å². The number of ether oxygens (including phenoxy) is 2. The Labute approximate surface area is 178 Å². The molecule has 148 valence electrons. The molecule has 0 atom stereocenters. The molecule has 1 fully saturated rings. The first kappa shape index (κ1) is 20.6. The Morgan fingerprint density at radius 1 is 1.24 bits per heavy atom. The van der Waals surface area contributed by atoms with Crippen LogP contribution in [0.4, 0.5) is 5.69 Å². The highest BCUT2D eigenvalue weighted by Crippen LogP contribution is 2.37. The van der Waals surface area contributed by atoms with Crippen LogP contribution < -0.4 is 19.7 Å². The SMILES string of the molecule is C=CCOc1c(Cl)cc(/C=C2/C(=O)NC(=S)N(c3ccccc3)C2=O)cc1OC. The molecule has 1 aliphatic heterocycles. The molecule has 0 saturated carbocycles. The summed E-state index contributed by atoms with van der Waals surface area (Å²) in [6.45, 7) is 3.85. The molecule has 0 bridgehead atoms. The summed E-state index contributed by atoms with van der Waals surface area (Å²) >= 11 is 11.5. The fourth-order valence-corrected chi connectivity index (χ4v) is 3.30. The molecule has 1 N–H and O–H groups in total. The van der Waals surface area contributed by atoms with Gasteiger partial charge in [0.25, 0.3) is 11.8 Å². The maximum atomic E-state index is 13.0. The summed E-state index contributed by atoms with van der Waals surface area (Å²) in [4.78, 5) is 26.7. The van der Waals surface area contributed by atoms with Crippen LogP contribution in [0.15, 0.2) is 60.7 Å². The van der Waals surface area contributed by atoms with Gasteiger partial charge in [0, 0.05) is 0 Å². The van der Waals surface area contributed by atoms with Crippen molar-refractivity contribution in [1.29, 1.82) is 0 Å². The van der Waals surface area contributed by atoms with Gasteiger partial charge in [0.1, 0.15) is 12.2 Å². The van der Waals surface area contributed by atoms with Crippen LogP contribution in [0.5, 0.6) is 11.5 Å². The molecule has 0 aliphatic carbocycles. The van der Waals surface area contributed by atoms with E-state index in [1.807, 2.05) is 6.07 Å². The quantitative estimate of drug-likeness (QED) is 0.328. The van der Waals surface area contributed by atoms with Gasteiger partial charge in [-0.1, -0.05) is 42.5 Å². The van der Waals surface area contributed by atoms with Gasteiger partial charge in [-0.25, -0.2) is 0 Å². The van der Waals surface area contributed by atoms with Gasteiger partial charge < -0.3 is 9.47 Å². The van der Waals surface area contributed by atoms with Crippen LogP contribution in [0, 0.1) is 0 Å². The molecule has 2 aromatic carbocycles. The van der Waals surface area contributed by atoms with Gasteiger partial charge in [-0.2, -0.15) is 0 Å². The van der Waals surface area contributed by atoms with E-state index in [4.69, 9.17) is 33.3 Å². The number of carbonyl (C=O) groups is 2. The van der Waals surface area contributed by atoms with E-state index in [0.717, 1.165) is 0 Å². The molecule has 29 heavy (non-hydrogen) atoms. The van der Waals surface area contributed by atoms with E-state index in [2.05, 4.69) is 11.9 Å². The fourth-order valence-electron chi connectivity index (χ4n) is 2.74. The maximum absolute atomic E-state index is 13.0. The predicted molar refractivity (Wildman–Crippen MR) is 116 cm³/mol. The summed E-state index contributed by atoms with van der Waals surface area (Å²) in [6.07, 6.45) is 3.01. The number of anilines is 1. The van der Waals surface area contributed by atoms with Crippen LogP contribution in [-0.2, 0) is 9.59 Å². The molecular weight excluding hydrogens is 412 g/mol. The van der Waals surface area contributed by atoms with Gasteiger partial charge in [-0.3, -0.25) is 19.8 Å². The molecule has 8 heteroatoms. The van der Waals surface area contributed by atoms with E-state index in [0.29, 0.717) is 22.7 Å². The zero-order chi connectivity index (χ0) is 21.0. The van der Waals surface area contributed by atoms with E-state index < -0.39 is 11.8 Å². The zero-order valence-corrected chi connectivity index (χ0v) is 17.0. The molecular formula is C21H17ClN2O4S. The average molecular weight is 429 g/mol. The molecule has 3 rings (SSSR count). The number of hydrogen-bond acceptors (Lipinski definition) is 5. The van der Waals surface area contributed by atoms with Crippen molar-refractivity contribution in [2.75, 3.05) is 18.6 Å². The molecule has 0 spiro atoms. The standard InChI is InChI=1S/C21H17ClN2O4S/c1-3-9-28-18-16(22)11-13(12-17(18)27-2)10-15-19(25)23-21(29)24(20(15)26)14-7-5-4-6-8-14/h3-8,10-12H,1,9H2,2H3,(H,23,25,29)/b15-10-. The van der Waals surface area contributed by atoms with E-state index in [-0.39, 0.29) is 22.3 Å². The van der Waals surface area contributed by atoms with Crippen LogP contribution in [0.2, 0.25) is 5.02 Å². The smallest absolute Gasteiger partial charge is 0.270 e. The first-order valence-corrected chi connectivity index (χ1v) is 9.32. The summed E-state index contributed by atoms with van der Waals surface area (Å²) in [5.74, 6) is -0.408.